The molecule has 1 amide bonds. The zero-order valence-electron chi connectivity index (χ0n) is 16.2. The van der Waals surface area contributed by atoms with Crippen LogP contribution in [0.15, 0.2) is 64.2 Å². The summed E-state index contributed by atoms with van der Waals surface area (Å²) in [5.41, 5.74) is 4.81. The Morgan fingerprint density at radius 1 is 1.13 bits per heavy atom. The van der Waals surface area contributed by atoms with Gasteiger partial charge in [-0.3, -0.25) is 4.79 Å². The lowest BCUT2D eigenvalue weighted by molar-refractivity contribution is 0.0952. The zero-order valence-corrected chi connectivity index (χ0v) is 22.8. The van der Waals surface area contributed by atoms with Crippen LogP contribution >= 0.6 is 72.7 Å². The number of halogens is 4. The minimum Gasteiger partial charge on any atom is -0.496 e. The topological polar surface area (TPSA) is 59.9 Å². The van der Waals surface area contributed by atoms with Crippen LogP contribution in [-0.4, -0.2) is 19.2 Å². The van der Waals surface area contributed by atoms with Crippen LogP contribution in [0.4, 0.5) is 0 Å². The molecule has 0 aliphatic heterocycles. The summed E-state index contributed by atoms with van der Waals surface area (Å²) in [5.74, 6) is 0.917. The lowest BCUT2D eigenvalue weighted by Crippen LogP contribution is -2.18. The van der Waals surface area contributed by atoms with Gasteiger partial charge in [0.1, 0.15) is 18.1 Å². The summed E-state index contributed by atoms with van der Waals surface area (Å²) in [7, 11) is 1.52. The van der Waals surface area contributed by atoms with E-state index >= 15 is 0 Å². The first-order valence-electron chi connectivity index (χ1n) is 8.90. The van der Waals surface area contributed by atoms with E-state index in [0.29, 0.717) is 22.9 Å². The van der Waals surface area contributed by atoms with Gasteiger partial charge in [-0.05, 0) is 98.8 Å². The highest BCUT2D eigenvalue weighted by atomic mass is 127. The van der Waals surface area contributed by atoms with Crippen LogP contribution in [0.2, 0.25) is 5.02 Å². The number of carbonyl (C=O) groups excluding carboxylic acids is 1. The second kappa shape index (κ2) is 11.5. The maximum absolute atomic E-state index is 12.4. The first kappa shape index (κ1) is 24.3. The third-order valence-electron chi connectivity index (χ3n) is 4.10. The maximum Gasteiger partial charge on any atom is 0.275 e. The van der Waals surface area contributed by atoms with Crippen LogP contribution in [0.5, 0.6) is 11.5 Å². The van der Waals surface area contributed by atoms with Gasteiger partial charge in [-0.25, -0.2) is 5.43 Å². The molecule has 0 bridgehead atoms. The number of methoxy groups -OCH3 is 1. The molecule has 160 valence electrons. The molecule has 5 nitrogen and oxygen atoms in total. The van der Waals surface area contributed by atoms with E-state index in [-0.39, 0.29) is 5.91 Å². The third kappa shape index (κ3) is 6.80. The first-order valence-corrected chi connectivity index (χ1v) is 12.2. The van der Waals surface area contributed by atoms with E-state index in [1.54, 1.807) is 24.4 Å². The highest BCUT2D eigenvalue weighted by Crippen LogP contribution is 2.29. The van der Waals surface area contributed by atoms with Crippen molar-refractivity contribution in [2.45, 2.75) is 6.61 Å². The van der Waals surface area contributed by atoms with Gasteiger partial charge < -0.3 is 9.47 Å². The van der Waals surface area contributed by atoms with Crippen LogP contribution in [0.25, 0.3) is 0 Å². The van der Waals surface area contributed by atoms with E-state index in [1.807, 2.05) is 36.4 Å². The van der Waals surface area contributed by atoms with Crippen molar-refractivity contribution in [3.8, 4) is 11.5 Å². The predicted octanol–water partition coefficient (Wildman–Crippen LogP) is 6.66. The molecule has 3 aromatic carbocycles. The Labute approximate surface area is 221 Å². The minimum absolute atomic E-state index is 0.360. The van der Waals surface area contributed by atoms with Crippen LogP contribution in [0, 0.1) is 7.14 Å². The highest BCUT2D eigenvalue weighted by molar-refractivity contribution is 14.1. The van der Waals surface area contributed by atoms with Gasteiger partial charge in [0.15, 0.2) is 0 Å². The van der Waals surface area contributed by atoms with E-state index in [0.717, 1.165) is 28.5 Å². The van der Waals surface area contributed by atoms with Gasteiger partial charge in [0.05, 0.1) is 26.0 Å². The summed E-state index contributed by atoms with van der Waals surface area (Å²) < 4.78 is 13.9. The number of hydrogen-bond donors (Lipinski definition) is 1. The summed E-state index contributed by atoms with van der Waals surface area (Å²) in [6.07, 6.45) is 1.59. The molecule has 0 radical (unpaired) electrons. The Kier molecular flexibility index (Phi) is 8.99. The lowest BCUT2D eigenvalue weighted by Gasteiger charge is -2.11. The molecule has 3 rings (SSSR count). The molecule has 9 heteroatoms. The lowest BCUT2D eigenvalue weighted by atomic mass is 10.2. The SMILES string of the molecule is COc1ccc(Br)cc1C(=O)N/N=C\c1cc(I)c(OCc2ccc(Cl)cc2)c(I)c1. The molecular weight excluding hydrogens is 709 g/mol. The van der Waals surface area contributed by atoms with Gasteiger partial charge >= 0.3 is 0 Å². The van der Waals surface area contributed by atoms with Crippen molar-refractivity contribution >= 4 is 84.8 Å². The van der Waals surface area contributed by atoms with E-state index in [1.165, 1.54) is 7.11 Å². The van der Waals surface area contributed by atoms with Crippen LogP contribution in [0.3, 0.4) is 0 Å². The Morgan fingerprint density at radius 2 is 1.81 bits per heavy atom. The van der Waals surface area contributed by atoms with Crippen molar-refractivity contribution in [2.24, 2.45) is 5.10 Å². The van der Waals surface area contributed by atoms with Crippen molar-refractivity contribution in [2.75, 3.05) is 7.11 Å². The average Bonchev–Trinajstić information content (AvgIpc) is 2.74. The smallest absolute Gasteiger partial charge is 0.275 e. The van der Waals surface area contributed by atoms with E-state index in [9.17, 15) is 4.79 Å². The van der Waals surface area contributed by atoms with E-state index in [2.05, 4.69) is 71.6 Å². The Balaban J connectivity index is 1.67. The summed E-state index contributed by atoms with van der Waals surface area (Å²) in [5, 5.41) is 4.78. The zero-order chi connectivity index (χ0) is 22.4. The molecule has 3 aromatic rings. The number of hydrogen-bond acceptors (Lipinski definition) is 4. The molecule has 0 fully saturated rings. The van der Waals surface area contributed by atoms with Gasteiger partial charge in [-0.1, -0.05) is 39.7 Å². The predicted molar refractivity (Wildman–Crippen MR) is 143 cm³/mol. The van der Waals surface area contributed by atoms with Crippen molar-refractivity contribution in [3.63, 3.8) is 0 Å². The molecule has 0 aromatic heterocycles. The van der Waals surface area contributed by atoms with Crippen molar-refractivity contribution in [1.82, 2.24) is 5.43 Å². The summed E-state index contributed by atoms with van der Waals surface area (Å²) in [6, 6.07) is 16.6. The average molecular weight is 726 g/mol. The molecule has 0 saturated heterocycles. The number of benzene rings is 3. The third-order valence-corrected chi connectivity index (χ3v) is 6.45. The molecule has 0 saturated carbocycles. The van der Waals surface area contributed by atoms with Gasteiger partial charge in [0, 0.05) is 9.50 Å². The summed E-state index contributed by atoms with van der Waals surface area (Å²) in [4.78, 5) is 12.4. The van der Waals surface area contributed by atoms with Gasteiger partial charge in [-0.15, -0.1) is 0 Å². The molecule has 0 unspecified atom stereocenters. The number of nitrogens with one attached hydrogen (secondary N) is 1. The number of ether oxygens (including phenoxy) is 2. The fourth-order valence-electron chi connectivity index (χ4n) is 2.61. The largest absolute Gasteiger partial charge is 0.496 e. The summed E-state index contributed by atoms with van der Waals surface area (Å²) in [6.45, 7) is 0.446. The molecule has 0 heterocycles. The van der Waals surface area contributed by atoms with Crippen LogP contribution in [-0.2, 0) is 6.61 Å². The Bertz CT molecular complexity index is 1100. The molecule has 31 heavy (non-hydrogen) atoms. The van der Waals surface area contributed by atoms with Gasteiger partial charge in [-0.2, -0.15) is 5.10 Å². The Hall–Kier alpha value is -1.37. The highest BCUT2D eigenvalue weighted by Gasteiger charge is 2.12. The number of rotatable bonds is 7. The number of hydrazone groups is 1. The number of nitrogens with zero attached hydrogens (tertiary/aromatic N) is 1. The summed E-state index contributed by atoms with van der Waals surface area (Å²) >= 11 is 13.7. The second-order valence-electron chi connectivity index (χ2n) is 6.27. The number of amides is 1. The second-order valence-corrected chi connectivity index (χ2v) is 9.95. The fraction of sp³-hybridized carbons (Fsp3) is 0.0909. The van der Waals surface area contributed by atoms with Crippen LogP contribution < -0.4 is 14.9 Å². The van der Waals surface area contributed by atoms with E-state index in [4.69, 9.17) is 21.1 Å². The molecule has 0 spiro atoms. The standard InChI is InChI=1S/C22H16BrClI2N2O3/c1-30-20-7-4-15(23)10-17(20)22(29)28-27-11-14-8-18(25)21(19(26)9-14)31-12-13-2-5-16(24)6-3-13/h2-11H,12H2,1H3,(H,28,29)/b27-11-. The van der Waals surface area contributed by atoms with E-state index < -0.39 is 0 Å². The van der Waals surface area contributed by atoms with Crippen molar-refractivity contribution < 1.29 is 14.3 Å². The van der Waals surface area contributed by atoms with Crippen molar-refractivity contribution in [1.29, 1.82) is 0 Å². The molecule has 0 aliphatic rings. The van der Waals surface area contributed by atoms with Crippen molar-refractivity contribution in [3.05, 3.63) is 87.9 Å². The normalized spacial score (nSPS) is 10.9. The van der Waals surface area contributed by atoms with Gasteiger partial charge in [0.2, 0.25) is 0 Å². The maximum atomic E-state index is 12.4. The monoisotopic (exact) mass is 724 g/mol. The van der Waals surface area contributed by atoms with Gasteiger partial charge in [0.25, 0.3) is 5.91 Å². The molecule has 0 aliphatic carbocycles. The quantitative estimate of drug-likeness (QED) is 0.169. The molecular formula is C22H16BrClI2N2O3. The minimum atomic E-state index is -0.360. The molecule has 0 atom stereocenters. The number of carbonyl (C=O) groups is 1. The Morgan fingerprint density at radius 3 is 2.45 bits per heavy atom. The fourth-order valence-corrected chi connectivity index (χ4v) is 5.23. The first-order chi connectivity index (χ1) is 14.9. The molecule has 1 N–H and O–H groups in total. The van der Waals surface area contributed by atoms with Crippen LogP contribution in [0.1, 0.15) is 21.5 Å².